The first-order valence-corrected chi connectivity index (χ1v) is 9.39. The van der Waals surface area contributed by atoms with Gasteiger partial charge in [0.2, 0.25) is 0 Å². The van der Waals surface area contributed by atoms with Gasteiger partial charge in [0.25, 0.3) is 0 Å². The fraction of sp³-hybridized carbons (Fsp3) is 1.00. The van der Waals surface area contributed by atoms with Crippen LogP contribution in [0.5, 0.6) is 0 Å². The van der Waals surface area contributed by atoms with Crippen LogP contribution >= 0.6 is 16.5 Å². The molecule has 2 rings (SSSR count). The second-order valence-corrected chi connectivity index (χ2v) is 6.49. The third kappa shape index (κ3) is 12.4. The van der Waals surface area contributed by atoms with Gasteiger partial charge in [-0.05, 0) is 34.8 Å². The Hall–Kier alpha value is 1.30. The van der Waals surface area contributed by atoms with Crippen LogP contribution in [0.1, 0.15) is 64.2 Å². The molecule has 116 valence electrons. The molecule has 2 aliphatic rings. The maximum absolute atomic E-state index is 10.1. The Morgan fingerprint density at radius 1 is 0.667 bits per heavy atom. The molecule has 0 aromatic heterocycles. The fourth-order valence-corrected chi connectivity index (χ4v) is 3.49. The molecule has 2 unspecified atom stereocenters. The third-order valence-electron chi connectivity index (χ3n) is 3.57. The minimum atomic E-state index is -2.62. The van der Waals surface area contributed by atoms with Crippen LogP contribution in [-0.4, -0.2) is 49.9 Å². The first-order chi connectivity index (χ1) is 9.58. The normalized spacial score (nSPS) is 21.6. The Bertz CT molecular complexity index is 276. The molecule has 0 N–H and O–H groups in total. The van der Waals surface area contributed by atoms with Gasteiger partial charge in [-0.25, -0.2) is 0 Å². The van der Waals surface area contributed by atoms with Gasteiger partial charge in [0.15, 0.2) is 0 Å². The van der Waals surface area contributed by atoms with Crippen molar-refractivity contribution in [2.75, 3.05) is 0 Å². The monoisotopic (exact) mass is 364 g/mol. The molecule has 0 amide bonds. The van der Waals surface area contributed by atoms with Crippen LogP contribution < -0.4 is 9.79 Å². The topological polar surface area (TPSA) is 98.7 Å². The van der Waals surface area contributed by atoms with E-state index in [9.17, 15) is 18.9 Å². The summed E-state index contributed by atoms with van der Waals surface area (Å²) in [5, 5.41) is 0. The van der Waals surface area contributed by atoms with E-state index in [0.717, 1.165) is 51.4 Å². The molecule has 0 spiro atoms. The number of rotatable bonds is 4. The number of hydrogen-bond acceptors (Lipinski definition) is 6. The molecule has 0 radical (unpaired) electrons. The first kappa shape index (κ1) is 22.3. The number of hydrogen-bond donors (Lipinski definition) is 0. The molecule has 0 heterocycles. The molecule has 0 aliphatic heterocycles. The zero-order valence-electron chi connectivity index (χ0n) is 12.3. The van der Waals surface area contributed by atoms with Crippen molar-refractivity contribution in [3.05, 3.63) is 0 Å². The van der Waals surface area contributed by atoms with Gasteiger partial charge in [-0.2, -0.15) is 0 Å². The molecule has 2 aliphatic carbocycles. The Morgan fingerprint density at radius 2 is 0.952 bits per heavy atom. The van der Waals surface area contributed by atoms with Crippen LogP contribution in [0.3, 0.4) is 0 Å². The largest absolute Gasteiger partial charge is 2.00 e. The summed E-state index contributed by atoms with van der Waals surface area (Å²) in [6.07, 6.45) is 10.4. The summed E-state index contributed by atoms with van der Waals surface area (Å²) >= 11 is 0. The standard InChI is InChI=1S/2C6H11O3P.Ca/c2*7-10(8)9-6-4-2-1-3-5-6;/h2*6H,1-5H2;/q;;+2. The molecule has 21 heavy (non-hydrogen) atoms. The maximum Gasteiger partial charge on any atom is 2.00 e. The average Bonchev–Trinajstić information content (AvgIpc) is 2.40. The van der Waals surface area contributed by atoms with Gasteiger partial charge < -0.3 is 9.79 Å². The summed E-state index contributed by atoms with van der Waals surface area (Å²) in [7, 11) is -5.25. The summed E-state index contributed by atoms with van der Waals surface area (Å²) in [6.45, 7) is 0. The molecular weight excluding hydrogens is 342 g/mol. The second kappa shape index (κ2) is 13.7. The molecule has 0 aromatic rings. The van der Waals surface area contributed by atoms with E-state index in [2.05, 4.69) is 9.05 Å². The van der Waals surface area contributed by atoms with Crippen LogP contribution in [0, 0.1) is 0 Å². The molecule has 2 atom stereocenters. The molecule has 9 heteroatoms. The van der Waals surface area contributed by atoms with Crippen molar-refractivity contribution in [1.29, 1.82) is 0 Å². The second-order valence-electron chi connectivity index (χ2n) is 5.18. The van der Waals surface area contributed by atoms with E-state index in [-0.39, 0.29) is 49.9 Å². The van der Waals surface area contributed by atoms with Crippen molar-refractivity contribution in [1.82, 2.24) is 0 Å². The molecular formula is C12H22CaO6P2+2. The molecule has 0 aromatic carbocycles. The van der Waals surface area contributed by atoms with Crippen LogP contribution in [0.15, 0.2) is 0 Å². The Labute approximate surface area is 157 Å². The molecule has 6 nitrogen and oxygen atoms in total. The zero-order chi connectivity index (χ0) is 14.8. The Balaban J connectivity index is 0.000000364. The van der Waals surface area contributed by atoms with Crippen molar-refractivity contribution in [2.45, 2.75) is 76.4 Å². The predicted octanol–water partition coefficient (Wildman–Crippen LogP) is 2.33. The van der Waals surface area contributed by atoms with E-state index in [1.807, 2.05) is 0 Å². The average molecular weight is 364 g/mol. The van der Waals surface area contributed by atoms with E-state index >= 15 is 0 Å². The van der Waals surface area contributed by atoms with Gasteiger partial charge >= 0.3 is 54.2 Å². The van der Waals surface area contributed by atoms with Crippen molar-refractivity contribution in [3.8, 4) is 0 Å². The first-order valence-electron chi connectivity index (χ1n) is 7.20. The van der Waals surface area contributed by atoms with Gasteiger partial charge in [0.05, 0.1) is 0 Å². The fourth-order valence-electron chi connectivity index (χ4n) is 2.58. The molecule has 2 fully saturated rings. The summed E-state index contributed by atoms with van der Waals surface area (Å²) < 4.78 is 29.5. The van der Waals surface area contributed by atoms with Gasteiger partial charge in [0.1, 0.15) is 12.2 Å². The SMILES string of the molecule is O=[P+]([O-])OC1CCCCC1.O=[P+]([O-])OC1CCCCC1.[Ca+2]. The summed E-state index contributed by atoms with van der Waals surface area (Å²) in [6, 6.07) is 0. The van der Waals surface area contributed by atoms with Gasteiger partial charge in [0, 0.05) is 0 Å². The third-order valence-corrected chi connectivity index (χ3v) is 4.52. The van der Waals surface area contributed by atoms with Gasteiger partial charge in [-0.3, -0.25) is 0 Å². The van der Waals surface area contributed by atoms with Crippen molar-refractivity contribution in [3.63, 3.8) is 0 Å². The van der Waals surface area contributed by atoms with Crippen LogP contribution in [0.2, 0.25) is 0 Å². The van der Waals surface area contributed by atoms with Gasteiger partial charge in [-0.15, -0.1) is 9.05 Å². The summed E-state index contributed by atoms with van der Waals surface area (Å²) in [5.41, 5.74) is 0. The minimum absolute atomic E-state index is 0. The van der Waals surface area contributed by atoms with Crippen LogP contribution in [-0.2, 0) is 18.2 Å². The summed E-state index contributed by atoms with van der Waals surface area (Å²) in [5.74, 6) is 0. The van der Waals surface area contributed by atoms with Crippen molar-refractivity contribution >= 4 is 54.2 Å². The Morgan fingerprint density at radius 3 is 1.19 bits per heavy atom. The van der Waals surface area contributed by atoms with Gasteiger partial charge in [-0.1, -0.05) is 38.5 Å². The smallest absolute Gasteiger partial charge is 0.566 e. The quantitative estimate of drug-likeness (QED) is 0.561. The summed E-state index contributed by atoms with van der Waals surface area (Å²) in [4.78, 5) is 20.2. The molecule has 0 saturated heterocycles. The van der Waals surface area contributed by atoms with E-state index in [1.54, 1.807) is 0 Å². The van der Waals surface area contributed by atoms with Crippen LogP contribution in [0.4, 0.5) is 0 Å². The van der Waals surface area contributed by atoms with E-state index in [1.165, 1.54) is 12.8 Å². The van der Waals surface area contributed by atoms with Crippen molar-refractivity contribution < 1.29 is 28.0 Å². The van der Waals surface area contributed by atoms with Crippen LogP contribution in [0.25, 0.3) is 0 Å². The van der Waals surface area contributed by atoms with E-state index in [0.29, 0.717) is 0 Å². The van der Waals surface area contributed by atoms with E-state index < -0.39 is 16.5 Å². The maximum atomic E-state index is 10.1. The minimum Gasteiger partial charge on any atom is -0.566 e. The van der Waals surface area contributed by atoms with Crippen molar-refractivity contribution in [2.24, 2.45) is 0 Å². The molecule has 0 bridgehead atoms. The zero-order valence-corrected chi connectivity index (χ0v) is 16.3. The molecule has 2 saturated carbocycles. The predicted molar refractivity (Wildman–Crippen MR) is 76.9 cm³/mol. The van der Waals surface area contributed by atoms with E-state index in [4.69, 9.17) is 0 Å². The Kier molecular flexibility index (Phi) is 14.6.